The molecule has 3 nitrogen and oxygen atoms in total. The average molecular weight is 278 g/mol. The van der Waals surface area contributed by atoms with Gasteiger partial charge < -0.3 is 9.88 Å². The lowest BCUT2D eigenvalue weighted by atomic mass is 10.2. The summed E-state index contributed by atoms with van der Waals surface area (Å²) in [6.45, 7) is 6.56. The number of hydrogen-bond acceptors (Lipinski definition) is 2. The van der Waals surface area contributed by atoms with Crippen LogP contribution in [-0.4, -0.2) is 16.1 Å². The van der Waals surface area contributed by atoms with Crippen LogP contribution >= 0.6 is 11.6 Å². The second-order valence-corrected chi connectivity index (χ2v) is 6.19. The summed E-state index contributed by atoms with van der Waals surface area (Å²) in [7, 11) is 0. The highest BCUT2D eigenvalue weighted by molar-refractivity contribution is 6.31. The zero-order chi connectivity index (χ0) is 13.4. The van der Waals surface area contributed by atoms with E-state index in [4.69, 9.17) is 16.6 Å². The second kappa shape index (κ2) is 5.14. The molecule has 1 N–H and O–H groups in total. The van der Waals surface area contributed by atoms with Crippen LogP contribution in [0.25, 0.3) is 11.0 Å². The van der Waals surface area contributed by atoms with Gasteiger partial charge in [-0.2, -0.15) is 0 Å². The molecule has 1 fully saturated rings. The lowest BCUT2D eigenvalue weighted by Crippen LogP contribution is -2.19. The highest BCUT2D eigenvalue weighted by atomic mass is 35.5. The molecule has 1 aliphatic heterocycles. The molecule has 2 heterocycles. The number of nitrogens with zero attached hydrogens (tertiary/aromatic N) is 2. The predicted octanol–water partition coefficient (Wildman–Crippen LogP) is 3.77. The van der Waals surface area contributed by atoms with Crippen molar-refractivity contribution in [1.29, 1.82) is 0 Å². The summed E-state index contributed by atoms with van der Waals surface area (Å²) in [5, 5.41) is 4.33. The minimum Gasteiger partial charge on any atom is -0.326 e. The number of rotatable bonds is 3. The number of fused-ring (bicyclic) bond motifs is 1. The summed E-state index contributed by atoms with van der Waals surface area (Å²) in [5.74, 6) is 1.76. The van der Waals surface area contributed by atoms with Gasteiger partial charge in [0, 0.05) is 11.6 Å². The van der Waals surface area contributed by atoms with Gasteiger partial charge in [0.1, 0.15) is 5.82 Å². The molecule has 1 aromatic heterocycles. The first kappa shape index (κ1) is 12.9. The quantitative estimate of drug-likeness (QED) is 0.925. The van der Waals surface area contributed by atoms with Crippen molar-refractivity contribution in [2.75, 3.05) is 6.54 Å². The Bertz CT molecular complexity index is 582. The topological polar surface area (TPSA) is 29.9 Å². The zero-order valence-electron chi connectivity index (χ0n) is 11.5. The van der Waals surface area contributed by atoms with E-state index < -0.39 is 0 Å². The third kappa shape index (κ3) is 2.49. The van der Waals surface area contributed by atoms with Crippen molar-refractivity contribution in [1.82, 2.24) is 14.9 Å². The number of benzene rings is 1. The Balaban J connectivity index is 2.13. The molecular weight excluding hydrogens is 258 g/mol. The molecule has 1 atom stereocenters. The first-order chi connectivity index (χ1) is 9.15. The molecule has 1 unspecified atom stereocenters. The van der Waals surface area contributed by atoms with Gasteiger partial charge in [-0.3, -0.25) is 0 Å². The standard InChI is InChI=1S/C15H20ClN3/c1-10(2)9-19-14-8-11(16)5-6-12(14)18-15(19)13-4-3-7-17-13/h5-6,8,10,13,17H,3-4,7,9H2,1-2H3. The molecule has 102 valence electrons. The molecule has 0 amide bonds. The number of aromatic nitrogens is 2. The highest BCUT2D eigenvalue weighted by Gasteiger charge is 2.23. The Kier molecular flexibility index (Phi) is 3.50. The van der Waals surface area contributed by atoms with Crippen molar-refractivity contribution in [2.24, 2.45) is 5.92 Å². The largest absolute Gasteiger partial charge is 0.326 e. The zero-order valence-corrected chi connectivity index (χ0v) is 12.2. The monoisotopic (exact) mass is 277 g/mol. The van der Waals surface area contributed by atoms with Crippen LogP contribution in [-0.2, 0) is 6.54 Å². The molecule has 1 aromatic carbocycles. The summed E-state index contributed by atoms with van der Waals surface area (Å²) in [6.07, 6.45) is 2.41. The van der Waals surface area contributed by atoms with Crippen molar-refractivity contribution in [3.8, 4) is 0 Å². The van der Waals surface area contributed by atoms with Crippen molar-refractivity contribution in [3.05, 3.63) is 29.0 Å². The fourth-order valence-electron chi connectivity index (χ4n) is 2.84. The van der Waals surface area contributed by atoms with Crippen LogP contribution in [0.2, 0.25) is 5.02 Å². The van der Waals surface area contributed by atoms with Crippen LogP contribution < -0.4 is 5.32 Å². The van der Waals surface area contributed by atoms with Crippen LogP contribution in [0.15, 0.2) is 18.2 Å². The molecule has 19 heavy (non-hydrogen) atoms. The van der Waals surface area contributed by atoms with Gasteiger partial charge in [-0.1, -0.05) is 25.4 Å². The maximum Gasteiger partial charge on any atom is 0.127 e. The van der Waals surface area contributed by atoms with Gasteiger partial charge in [0.2, 0.25) is 0 Å². The smallest absolute Gasteiger partial charge is 0.127 e. The van der Waals surface area contributed by atoms with Crippen molar-refractivity contribution >= 4 is 22.6 Å². The molecule has 0 bridgehead atoms. The van der Waals surface area contributed by atoms with Gasteiger partial charge in [-0.15, -0.1) is 0 Å². The lowest BCUT2D eigenvalue weighted by molar-refractivity contribution is 0.485. The molecule has 1 aliphatic rings. The van der Waals surface area contributed by atoms with E-state index in [9.17, 15) is 0 Å². The number of hydrogen-bond donors (Lipinski definition) is 1. The Hall–Kier alpha value is -1.06. The first-order valence-electron chi connectivity index (χ1n) is 7.04. The van der Waals surface area contributed by atoms with Gasteiger partial charge in [0.25, 0.3) is 0 Å². The summed E-state index contributed by atoms with van der Waals surface area (Å²) >= 11 is 6.14. The van der Waals surface area contributed by atoms with Gasteiger partial charge in [-0.25, -0.2) is 4.98 Å². The van der Waals surface area contributed by atoms with E-state index in [2.05, 4.69) is 23.7 Å². The minimum absolute atomic E-state index is 0.393. The molecular formula is C15H20ClN3. The normalized spacial score (nSPS) is 19.7. The van der Waals surface area contributed by atoms with Crippen LogP contribution in [0.1, 0.15) is 38.6 Å². The van der Waals surface area contributed by atoms with Crippen LogP contribution in [0, 0.1) is 5.92 Å². The van der Waals surface area contributed by atoms with E-state index in [1.807, 2.05) is 18.2 Å². The molecule has 1 saturated heterocycles. The molecule has 4 heteroatoms. The fraction of sp³-hybridized carbons (Fsp3) is 0.533. The van der Waals surface area contributed by atoms with Crippen LogP contribution in [0.5, 0.6) is 0 Å². The van der Waals surface area contributed by atoms with Crippen LogP contribution in [0.3, 0.4) is 0 Å². The fourth-order valence-corrected chi connectivity index (χ4v) is 3.01. The number of imidazole rings is 1. The van der Waals surface area contributed by atoms with E-state index in [0.717, 1.165) is 29.1 Å². The van der Waals surface area contributed by atoms with E-state index in [1.54, 1.807) is 0 Å². The number of nitrogens with one attached hydrogen (secondary N) is 1. The molecule has 0 spiro atoms. The molecule has 0 aliphatic carbocycles. The van der Waals surface area contributed by atoms with Crippen molar-refractivity contribution in [3.63, 3.8) is 0 Å². The van der Waals surface area contributed by atoms with Gasteiger partial charge >= 0.3 is 0 Å². The summed E-state index contributed by atoms with van der Waals surface area (Å²) < 4.78 is 2.34. The Morgan fingerprint density at radius 1 is 1.47 bits per heavy atom. The number of halogens is 1. The Morgan fingerprint density at radius 2 is 2.32 bits per heavy atom. The minimum atomic E-state index is 0.393. The van der Waals surface area contributed by atoms with Gasteiger partial charge in [0.05, 0.1) is 17.1 Å². The Morgan fingerprint density at radius 3 is 3.00 bits per heavy atom. The Labute approximate surface area is 119 Å². The summed E-state index contributed by atoms with van der Waals surface area (Å²) in [6, 6.07) is 6.37. The average Bonchev–Trinajstić information content (AvgIpc) is 2.97. The van der Waals surface area contributed by atoms with Crippen molar-refractivity contribution < 1.29 is 0 Å². The highest BCUT2D eigenvalue weighted by Crippen LogP contribution is 2.28. The second-order valence-electron chi connectivity index (χ2n) is 5.76. The van der Waals surface area contributed by atoms with E-state index in [-0.39, 0.29) is 0 Å². The lowest BCUT2D eigenvalue weighted by Gasteiger charge is -2.15. The van der Waals surface area contributed by atoms with Crippen LogP contribution in [0.4, 0.5) is 0 Å². The van der Waals surface area contributed by atoms with Crippen molar-refractivity contribution in [2.45, 2.75) is 39.3 Å². The van der Waals surface area contributed by atoms with E-state index in [1.165, 1.54) is 18.7 Å². The molecule has 0 saturated carbocycles. The predicted molar refractivity (Wildman–Crippen MR) is 79.6 cm³/mol. The van der Waals surface area contributed by atoms with Gasteiger partial charge in [0.15, 0.2) is 0 Å². The first-order valence-corrected chi connectivity index (χ1v) is 7.42. The van der Waals surface area contributed by atoms with E-state index >= 15 is 0 Å². The van der Waals surface area contributed by atoms with E-state index in [0.29, 0.717) is 12.0 Å². The third-order valence-corrected chi connectivity index (χ3v) is 3.89. The molecule has 2 aromatic rings. The summed E-state index contributed by atoms with van der Waals surface area (Å²) in [4.78, 5) is 4.83. The summed E-state index contributed by atoms with van der Waals surface area (Å²) in [5.41, 5.74) is 2.21. The maximum absolute atomic E-state index is 6.14. The molecule has 3 rings (SSSR count). The third-order valence-electron chi connectivity index (χ3n) is 3.66. The SMILES string of the molecule is CC(C)Cn1c(C2CCCN2)nc2ccc(Cl)cc21. The van der Waals surface area contributed by atoms with Gasteiger partial charge in [-0.05, 0) is 43.5 Å². The maximum atomic E-state index is 6.14. The molecule has 0 radical (unpaired) electrons.